The van der Waals surface area contributed by atoms with E-state index in [1.807, 2.05) is 34.6 Å². The fraction of sp³-hybridized carbons (Fsp3) is 0.600. The fourth-order valence-electron chi connectivity index (χ4n) is 1.74. The van der Waals surface area contributed by atoms with Crippen LogP contribution in [-0.4, -0.2) is 37.5 Å². The van der Waals surface area contributed by atoms with E-state index in [0.717, 1.165) is 11.1 Å². The minimum Gasteiger partial charge on any atom is -0.391 e. The maximum absolute atomic E-state index is 12.2. The summed E-state index contributed by atoms with van der Waals surface area (Å²) in [7, 11) is -3.46. The summed E-state index contributed by atoms with van der Waals surface area (Å²) in [5.41, 5.74) is 1.85. The van der Waals surface area contributed by atoms with Crippen molar-refractivity contribution in [2.75, 3.05) is 12.3 Å². The zero-order chi connectivity index (χ0) is 15.6. The van der Waals surface area contributed by atoms with Crippen molar-refractivity contribution in [3.63, 3.8) is 0 Å². The van der Waals surface area contributed by atoms with E-state index in [1.165, 1.54) is 0 Å². The Morgan fingerprint density at radius 2 is 1.80 bits per heavy atom. The van der Waals surface area contributed by atoms with Gasteiger partial charge >= 0.3 is 0 Å². The number of benzene rings is 1. The first-order chi connectivity index (χ1) is 9.01. The summed E-state index contributed by atoms with van der Waals surface area (Å²) in [4.78, 5) is 0.274. The molecular weight excluding hydrogens is 274 g/mol. The molecule has 0 aliphatic rings. The zero-order valence-corrected chi connectivity index (χ0v) is 13.7. The van der Waals surface area contributed by atoms with E-state index in [0.29, 0.717) is 0 Å². The Labute approximate surface area is 122 Å². The molecule has 0 aliphatic heterocycles. The molecule has 0 spiro atoms. The Kier molecular flexibility index (Phi) is 5.35. The smallest absolute Gasteiger partial charge is 0.180 e. The first kappa shape index (κ1) is 17.1. The molecule has 0 amide bonds. The van der Waals surface area contributed by atoms with E-state index in [-0.39, 0.29) is 22.7 Å². The average Bonchev–Trinajstić information content (AvgIpc) is 2.28. The summed E-state index contributed by atoms with van der Waals surface area (Å²) in [6.45, 7) is 9.99. The molecule has 114 valence electrons. The Morgan fingerprint density at radius 1 is 1.20 bits per heavy atom. The van der Waals surface area contributed by atoms with Crippen LogP contribution < -0.4 is 5.32 Å². The van der Waals surface area contributed by atoms with E-state index in [4.69, 9.17) is 0 Å². The number of aliphatic hydroxyl groups excluding tert-OH is 1. The van der Waals surface area contributed by atoms with Crippen LogP contribution in [0.5, 0.6) is 0 Å². The lowest BCUT2D eigenvalue weighted by atomic mass is 10.1. The van der Waals surface area contributed by atoms with Crippen LogP contribution in [0, 0.1) is 13.8 Å². The van der Waals surface area contributed by atoms with Gasteiger partial charge in [-0.2, -0.15) is 0 Å². The van der Waals surface area contributed by atoms with E-state index in [1.54, 1.807) is 18.2 Å². The Balaban J connectivity index is 2.76. The number of aliphatic hydroxyl groups is 1. The van der Waals surface area contributed by atoms with Crippen molar-refractivity contribution in [2.45, 2.75) is 51.2 Å². The Morgan fingerprint density at radius 3 is 2.30 bits per heavy atom. The van der Waals surface area contributed by atoms with Crippen LogP contribution in [0.4, 0.5) is 0 Å². The first-order valence-electron chi connectivity index (χ1n) is 6.74. The molecule has 4 nitrogen and oxygen atoms in total. The van der Waals surface area contributed by atoms with Gasteiger partial charge in [0.15, 0.2) is 9.84 Å². The van der Waals surface area contributed by atoms with Crippen LogP contribution in [0.1, 0.15) is 31.9 Å². The quantitative estimate of drug-likeness (QED) is 0.870. The SMILES string of the molecule is Cc1ccc(S(=O)(=O)CC(O)CNC(C)(C)C)cc1C. The molecule has 0 aromatic heterocycles. The predicted octanol–water partition coefficient (Wildman–Crippen LogP) is 1.83. The van der Waals surface area contributed by atoms with Crippen LogP contribution in [0.15, 0.2) is 23.1 Å². The summed E-state index contributed by atoms with van der Waals surface area (Å²) < 4.78 is 24.5. The summed E-state index contributed by atoms with van der Waals surface area (Å²) in [6.07, 6.45) is -0.916. The van der Waals surface area contributed by atoms with E-state index in [9.17, 15) is 13.5 Å². The van der Waals surface area contributed by atoms with Crippen LogP contribution in [-0.2, 0) is 9.84 Å². The minimum atomic E-state index is -3.46. The van der Waals surface area contributed by atoms with Crippen molar-refractivity contribution in [3.05, 3.63) is 29.3 Å². The highest BCUT2D eigenvalue weighted by atomic mass is 32.2. The van der Waals surface area contributed by atoms with Crippen LogP contribution >= 0.6 is 0 Å². The monoisotopic (exact) mass is 299 g/mol. The fourth-order valence-corrected chi connectivity index (χ4v) is 3.19. The molecule has 20 heavy (non-hydrogen) atoms. The van der Waals surface area contributed by atoms with E-state index < -0.39 is 15.9 Å². The standard InChI is InChI=1S/C15H25NO3S/c1-11-6-7-14(8-12(11)2)20(18,19)10-13(17)9-16-15(3,4)5/h6-8,13,16-17H,9-10H2,1-5H3. The second-order valence-corrected chi connectivity index (χ2v) is 8.35. The second-order valence-electron chi connectivity index (χ2n) is 6.31. The molecule has 0 saturated heterocycles. The zero-order valence-electron chi connectivity index (χ0n) is 12.9. The highest BCUT2D eigenvalue weighted by Gasteiger charge is 2.21. The van der Waals surface area contributed by atoms with Crippen molar-refractivity contribution in [1.29, 1.82) is 0 Å². The molecule has 1 unspecified atom stereocenters. The van der Waals surface area contributed by atoms with Crippen LogP contribution in [0.3, 0.4) is 0 Å². The molecule has 0 aliphatic carbocycles. The molecule has 0 heterocycles. The molecule has 0 saturated carbocycles. The van der Waals surface area contributed by atoms with Crippen molar-refractivity contribution in [2.24, 2.45) is 0 Å². The van der Waals surface area contributed by atoms with Crippen molar-refractivity contribution in [1.82, 2.24) is 5.32 Å². The predicted molar refractivity (Wildman–Crippen MR) is 81.7 cm³/mol. The number of nitrogens with one attached hydrogen (secondary N) is 1. The van der Waals surface area contributed by atoms with Crippen LogP contribution in [0.2, 0.25) is 0 Å². The molecule has 1 rings (SSSR count). The number of aryl methyl sites for hydroxylation is 2. The second kappa shape index (κ2) is 6.24. The van der Waals surface area contributed by atoms with Crippen molar-refractivity contribution < 1.29 is 13.5 Å². The third-order valence-electron chi connectivity index (χ3n) is 3.12. The van der Waals surface area contributed by atoms with Gasteiger partial charge in [-0.15, -0.1) is 0 Å². The number of hydrogen-bond donors (Lipinski definition) is 2. The summed E-state index contributed by atoms with van der Waals surface area (Å²) in [6, 6.07) is 5.05. The molecule has 0 bridgehead atoms. The normalized spacial score (nSPS) is 14.3. The number of β-amino-alcohol motifs (C(OH)–C–C–N with tert-alkyl or cyclic N) is 1. The number of sulfone groups is 1. The molecule has 0 radical (unpaired) electrons. The third kappa shape index (κ3) is 5.23. The average molecular weight is 299 g/mol. The summed E-state index contributed by atoms with van der Waals surface area (Å²) >= 11 is 0. The van der Waals surface area contributed by atoms with Gasteiger partial charge in [0, 0.05) is 12.1 Å². The molecule has 1 aromatic carbocycles. The lowest BCUT2D eigenvalue weighted by molar-refractivity contribution is 0.181. The number of hydrogen-bond acceptors (Lipinski definition) is 4. The summed E-state index contributed by atoms with van der Waals surface area (Å²) in [5, 5.41) is 13.0. The molecular formula is C15H25NO3S. The van der Waals surface area contributed by atoms with Gasteiger partial charge in [-0.1, -0.05) is 6.07 Å². The third-order valence-corrected chi connectivity index (χ3v) is 4.91. The van der Waals surface area contributed by atoms with E-state index in [2.05, 4.69) is 5.32 Å². The van der Waals surface area contributed by atoms with Gasteiger partial charge in [0.1, 0.15) is 0 Å². The molecule has 0 fully saturated rings. The molecule has 5 heteroatoms. The van der Waals surface area contributed by atoms with Gasteiger partial charge in [0.05, 0.1) is 16.8 Å². The van der Waals surface area contributed by atoms with Gasteiger partial charge in [-0.25, -0.2) is 8.42 Å². The van der Waals surface area contributed by atoms with Crippen molar-refractivity contribution in [3.8, 4) is 0 Å². The first-order valence-corrected chi connectivity index (χ1v) is 8.39. The lowest BCUT2D eigenvalue weighted by Crippen LogP contribution is -2.42. The highest BCUT2D eigenvalue weighted by Crippen LogP contribution is 2.17. The molecule has 1 atom stereocenters. The largest absolute Gasteiger partial charge is 0.391 e. The number of rotatable bonds is 5. The van der Waals surface area contributed by atoms with Gasteiger partial charge in [-0.3, -0.25) is 0 Å². The molecule has 1 aromatic rings. The van der Waals surface area contributed by atoms with Crippen LogP contribution in [0.25, 0.3) is 0 Å². The van der Waals surface area contributed by atoms with Gasteiger partial charge in [-0.05, 0) is 57.9 Å². The van der Waals surface area contributed by atoms with Gasteiger partial charge in [0.25, 0.3) is 0 Å². The van der Waals surface area contributed by atoms with Crippen molar-refractivity contribution >= 4 is 9.84 Å². The van der Waals surface area contributed by atoms with Gasteiger partial charge in [0.2, 0.25) is 0 Å². The maximum Gasteiger partial charge on any atom is 0.180 e. The maximum atomic E-state index is 12.2. The topological polar surface area (TPSA) is 66.4 Å². The lowest BCUT2D eigenvalue weighted by Gasteiger charge is -2.22. The Hall–Kier alpha value is -0.910. The van der Waals surface area contributed by atoms with Gasteiger partial charge < -0.3 is 10.4 Å². The highest BCUT2D eigenvalue weighted by molar-refractivity contribution is 7.91. The minimum absolute atomic E-state index is 0.148. The molecule has 2 N–H and O–H groups in total. The Bertz CT molecular complexity index is 559. The van der Waals surface area contributed by atoms with E-state index >= 15 is 0 Å². The summed E-state index contributed by atoms with van der Waals surface area (Å²) in [5.74, 6) is -0.265.